The number of hydrogen-bond acceptors (Lipinski definition) is 10. The van der Waals surface area contributed by atoms with Crippen molar-refractivity contribution in [1.82, 2.24) is 39.7 Å². The second-order valence-corrected chi connectivity index (χ2v) is 16.4. The third-order valence-electron chi connectivity index (χ3n) is 12.3. The summed E-state index contributed by atoms with van der Waals surface area (Å²) in [7, 11) is 0. The van der Waals surface area contributed by atoms with Gasteiger partial charge in [0, 0.05) is 81.8 Å². The van der Waals surface area contributed by atoms with Crippen molar-refractivity contribution in [2.75, 3.05) is 62.6 Å². The maximum absolute atomic E-state index is 14.5. The van der Waals surface area contributed by atoms with E-state index in [0.29, 0.717) is 67.8 Å². The van der Waals surface area contributed by atoms with Crippen LogP contribution < -0.4 is 15.5 Å². The van der Waals surface area contributed by atoms with Crippen molar-refractivity contribution >= 4 is 46.7 Å². The van der Waals surface area contributed by atoms with Crippen molar-refractivity contribution in [3.63, 3.8) is 0 Å². The van der Waals surface area contributed by atoms with Gasteiger partial charge in [0.15, 0.2) is 5.65 Å². The molecule has 15 nitrogen and oxygen atoms in total. The first kappa shape index (κ1) is 42.2. The second kappa shape index (κ2) is 17.2. The number of carbonyl (C=O) groups is 5. The number of carbonyl (C=O) groups excluding carboxylic acids is 5. The molecule has 6 heterocycles. The minimum Gasteiger partial charge on any atom is -0.371 e. The number of benzene rings is 3. The van der Waals surface area contributed by atoms with E-state index in [1.54, 1.807) is 59.4 Å². The minimum atomic E-state index is -4.64. The number of aromatic nitrogens is 3. The number of nitrogens with one attached hydrogen (secondary N) is 2. The van der Waals surface area contributed by atoms with Gasteiger partial charge in [0.2, 0.25) is 5.91 Å². The maximum atomic E-state index is 14.5. The Hall–Kier alpha value is -7.10. The van der Waals surface area contributed by atoms with E-state index < -0.39 is 41.4 Å². The van der Waals surface area contributed by atoms with E-state index in [-0.39, 0.29) is 47.5 Å². The predicted octanol–water partition coefficient (Wildman–Crippen LogP) is 5.20. The molecule has 5 aromatic rings. The highest BCUT2D eigenvalue weighted by Crippen LogP contribution is 2.37. The molecule has 3 saturated heterocycles. The highest BCUT2D eigenvalue weighted by molar-refractivity contribution is 6.24. The zero-order valence-electron chi connectivity index (χ0n) is 34.8. The normalized spacial score (nSPS) is 17.7. The van der Waals surface area contributed by atoms with Gasteiger partial charge in [-0.15, -0.1) is 0 Å². The summed E-state index contributed by atoms with van der Waals surface area (Å²) in [4.78, 5) is 75.1. The fourth-order valence-corrected chi connectivity index (χ4v) is 8.78. The summed E-state index contributed by atoms with van der Waals surface area (Å²) in [5.74, 6) is 4.24. The molecule has 0 saturated carbocycles. The molecule has 328 valence electrons. The third-order valence-corrected chi connectivity index (χ3v) is 12.3. The van der Waals surface area contributed by atoms with Gasteiger partial charge < -0.3 is 15.1 Å². The quantitative estimate of drug-likeness (QED) is 0.157. The smallest absolute Gasteiger partial charge is 0.371 e. The zero-order chi connectivity index (χ0) is 44.7. The van der Waals surface area contributed by atoms with Crippen molar-refractivity contribution in [3.8, 4) is 11.8 Å². The summed E-state index contributed by atoms with van der Waals surface area (Å²) in [6.45, 7) is 6.60. The SMILES string of the molecule is Cc1ccc(C(=O)Nc2ccc(CN3CCN(CC4CCN(c5cccc6c5C(=O)N(N5CCC(=O)NC5=O)C6=O)CC4)CC3)c(C(F)(F)F)c2)cc1C#Cc1cnc2cccnn12. The number of piperidine rings is 1. The van der Waals surface area contributed by atoms with Gasteiger partial charge in [-0.05, 0) is 91.3 Å². The van der Waals surface area contributed by atoms with Gasteiger partial charge in [-0.25, -0.2) is 19.3 Å². The van der Waals surface area contributed by atoms with E-state index in [1.165, 1.54) is 12.1 Å². The number of anilines is 2. The van der Waals surface area contributed by atoms with Gasteiger partial charge in [0.1, 0.15) is 5.69 Å². The van der Waals surface area contributed by atoms with Crippen LogP contribution in [0.5, 0.6) is 0 Å². The first-order valence-corrected chi connectivity index (χ1v) is 21.1. The maximum Gasteiger partial charge on any atom is 0.416 e. The molecule has 3 fully saturated rings. The van der Waals surface area contributed by atoms with Gasteiger partial charge in [-0.2, -0.15) is 23.3 Å². The molecular formula is C46H43F3N10O5. The average Bonchev–Trinajstić information content (AvgIpc) is 3.81. The number of urea groups is 1. The number of hydrazine groups is 1. The molecule has 6 amide bonds. The molecule has 64 heavy (non-hydrogen) atoms. The van der Waals surface area contributed by atoms with E-state index in [0.717, 1.165) is 41.0 Å². The lowest BCUT2D eigenvalue weighted by Crippen LogP contribution is -2.58. The molecule has 9 rings (SSSR count). The Morgan fingerprint density at radius 2 is 1.66 bits per heavy atom. The van der Waals surface area contributed by atoms with Crippen molar-refractivity contribution in [1.29, 1.82) is 0 Å². The van der Waals surface area contributed by atoms with Gasteiger partial charge in [0.25, 0.3) is 17.7 Å². The average molecular weight is 873 g/mol. The Bertz CT molecular complexity index is 2760. The Labute approximate surface area is 365 Å². The molecular weight excluding hydrogens is 830 g/mol. The monoisotopic (exact) mass is 872 g/mol. The highest BCUT2D eigenvalue weighted by atomic mass is 19.4. The van der Waals surface area contributed by atoms with Crippen molar-refractivity contribution < 1.29 is 37.1 Å². The van der Waals surface area contributed by atoms with E-state index >= 15 is 0 Å². The van der Waals surface area contributed by atoms with Crippen LogP contribution in [-0.2, 0) is 17.5 Å². The molecule has 2 N–H and O–H groups in total. The molecule has 4 aliphatic rings. The Morgan fingerprint density at radius 3 is 2.42 bits per heavy atom. The number of imide groups is 2. The zero-order valence-corrected chi connectivity index (χ0v) is 34.8. The molecule has 0 atom stereocenters. The van der Waals surface area contributed by atoms with E-state index in [2.05, 4.69) is 42.4 Å². The highest BCUT2D eigenvalue weighted by Gasteiger charge is 2.45. The predicted molar refractivity (Wildman–Crippen MR) is 228 cm³/mol. The Morgan fingerprint density at radius 1 is 0.875 bits per heavy atom. The van der Waals surface area contributed by atoms with Crippen molar-refractivity contribution in [3.05, 3.63) is 124 Å². The number of piperazine rings is 1. The number of rotatable bonds is 8. The number of nitrogens with zero attached hydrogens (tertiary/aromatic N) is 8. The van der Waals surface area contributed by atoms with E-state index in [4.69, 9.17) is 0 Å². The van der Waals surface area contributed by atoms with Crippen LogP contribution in [0.4, 0.5) is 29.3 Å². The van der Waals surface area contributed by atoms with Crippen LogP contribution in [0.2, 0.25) is 0 Å². The molecule has 0 bridgehead atoms. The summed E-state index contributed by atoms with van der Waals surface area (Å²) in [5.41, 5.74) is 3.33. The Balaban J connectivity index is 0.780. The minimum absolute atomic E-state index is 0.0230. The van der Waals surface area contributed by atoms with Crippen molar-refractivity contribution in [2.45, 2.75) is 38.9 Å². The summed E-state index contributed by atoms with van der Waals surface area (Å²) in [5, 5.41) is 10.9. The van der Waals surface area contributed by atoms with Crippen LogP contribution in [0.15, 0.2) is 79.1 Å². The summed E-state index contributed by atoms with van der Waals surface area (Å²) in [6, 6.07) is 16.8. The van der Waals surface area contributed by atoms with Gasteiger partial charge >= 0.3 is 12.2 Å². The number of fused-ring (bicyclic) bond motifs is 2. The standard InChI is InChI=1S/C46H43F3N10O5/c1-29-7-8-32(24-31(29)10-12-35-26-50-39-6-3-16-51-58(35)39)42(61)52-34-11-9-33(37(25-34)46(47,48)49)28-55-22-20-54(21-23-55)27-30-13-17-56(18-14-30)38-5-2-4-36-41(38)44(63)59(43(36)62)57-19-15-40(60)53-45(57)64/h2-9,11,16,24-26,30H,13-15,17-23,27-28H2,1H3,(H,52,61)(H,53,60,64). The fraction of sp³-hybridized carbons (Fsp3) is 0.326. The lowest BCUT2D eigenvalue weighted by atomic mass is 9.94. The fourth-order valence-electron chi connectivity index (χ4n) is 8.78. The topological polar surface area (TPSA) is 156 Å². The first-order chi connectivity index (χ1) is 30.8. The molecule has 3 aromatic carbocycles. The first-order valence-electron chi connectivity index (χ1n) is 21.1. The number of aryl methyl sites for hydroxylation is 1. The van der Waals surface area contributed by atoms with Crippen LogP contribution in [0.1, 0.15) is 78.3 Å². The van der Waals surface area contributed by atoms with Crippen LogP contribution in [-0.4, -0.2) is 116 Å². The van der Waals surface area contributed by atoms with Crippen LogP contribution in [0.3, 0.4) is 0 Å². The van der Waals surface area contributed by atoms with Gasteiger partial charge in [-0.3, -0.25) is 29.4 Å². The van der Waals surface area contributed by atoms with E-state index in [1.807, 2.05) is 17.9 Å². The molecule has 0 aliphatic carbocycles. The van der Waals surface area contributed by atoms with Gasteiger partial charge in [0.05, 0.1) is 35.1 Å². The van der Waals surface area contributed by atoms with Crippen LogP contribution >= 0.6 is 0 Å². The van der Waals surface area contributed by atoms with Crippen LogP contribution in [0.25, 0.3) is 5.65 Å². The molecule has 2 aromatic heterocycles. The van der Waals surface area contributed by atoms with Crippen molar-refractivity contribution in [2.24, 2.45) is 5.92 Å². The summed E-state index contributed by atoms with van der Waals surface area (Å²) < 4.78 is 45.1. The Kier molecular flexibility index (Phi) is 11.4. The number of amides is 6. The van der Waals surface area contributed by atoms with Crippen LogP contribution in [0, 0.1) is 24.7 Å². The lowest BCUT2D eigenvalue weighted by Gasteiger charge is -2.39. The lowest BCUT2D eigenvalue weighted by molar-refractivity contribution is -0.138. The molecule has 0 unspecified atom stereocenters. The summed E-state index contributed by atoms with van der Waals surface area (Å²) >= 11 is 0. The van der Waals surface area contributed by atoms with Gasteiger partial charge in [-0.1, -0.05) is 24.1 Å². The third kappa shape index (κ3) is 8.51. The molecule has 4 aliphatic heterocycles. The molecule has 0 radical (unpaired) electrons. The summed E-state index contributed by atoms with van der Waals surface area (Å²) in [6.07, 6.45) is 0.247. The number of alkyl halides is 3. The molecule has 0 spiro atoms. The van der Waals surface area contributed by atoms with E-state index in [9.17, 15) is 37.1 Å². The molecule has 18 heteroatoms. The largest absolute Gasteiger partial charge is 0.416 e. The number of hydrogen-bond donors (Lipinski definition) is 2. The second-order valence-electron chi connectivity index (χ2n) is 16.4. The number of imidazole rings is 1. The number of halogens is 3.